The molecule has 7 nitrogen and oxygen atoms in total. The molecule has 0 amide bonds. The number of anilines is 1. The summed E-state index contributed by atoms with van der Waals surface area (Å²) in [7, 11) is 1.86. The summed E-state index contributed by atoms with van der Waals surface area (Å²) in [5, 5.41) is 3.90. The highest BCUT2D eigenvalue weighted by atomic mass is 16.5. The van der Waals surface area contributed by atoms with Crippen LogP contribution in [0.15, 0.2) is 41.3 Å². The number of nitrogens with zero attached hydrogens (tertiary/aromatic N) is 4. The topological polar surface area (TPSA) is 92.0 Å². The van der Waals surface area contributed by atoms with Crippen LogP contribution in [0.25, 0.3) is 11.5 Å². The second-order valence-corrected chi connectivity index (χ2v) is 4.26. The fourth-order valence-corrected chi connectivity index (χ4v) is 1.70. The van der Waals surface area contributed by atoms with Gasteiger partial charge in [-0.25, -0.2) is 4.98 Å². The molecule has 0 saturated carbocycles. The van der Waals surface area contributed by atoms with E-state index in [0.717, 1.165) is 5.69 Å². The summed E-state index contributed by atoms with van der Waals surface area (Å²) < 4.78 is 12.5. The molecule has 0 aliphatic rings. The Morgan fingerprint density at radius 3 is 2.80 bits per heavy atom. The van der Waals surface area contributed by atoms with E-state index in [4.69, 9.17) is 15.0 Å². The number of imidazole rings is 1. The highest BCUT2D eigenvalue weighted by Crippen LogP contribution is 2.17. The monoisotopic (exact) mass is 271 g/mol. The van der Waals surface area contributed by atoms with Crippen molar-refractivity contribution in [3.05, 3.63) is 42.7 Å². The highest BCUT2D eigenvalue weighted by molar-refractivity contribution is 5.47. The lowest BCUT2D eigenvalue weighted by Gasteiger charge is -2.02. The van der Waals surface area contributed by atoms with E-state index in [-0.39, 0.29) is 6.61 Å². The molecule has 3 aromatic rings. The number of aromatic nitrogens is 4. The van der Waals surface area contributed by atoms with Gasteiger partial charge in [-0.2, -0.15) is 4.98 Å². The number of nitrogen functional groups attached to an aromatic ring is 1. The molecule has 0 bridgehead atoms. The lowest BCUT2D eigenvalue weighted by atomic mass is 10.3. The van der Waals surface area contributed by atoms with Crippen LogP contribution in [-0.2, 0) is 13.7 Å². The van der Waals surface area contributed by atoms with Gasteiger partial charge >= 0.3 is 0 Å². The zero-order valence-corrected chi connectivity index (χ0v) is 10.9. The predicted octanol–water partition coefficient (Wildman–Crippen LogP) is 1.63. The normalized spacial score (nSPS) is 10.7. The lowest BCUT2D eigenvalue weighted by Crippen LogP contribution is -1.96. The molecule has 7 heteroatoms. The third kappa shape index (κ3) is 2.46. The SMILES string of the molecule is Cn1cncc1-c1noc(COc2ccc(N)cc2)n1. The molecule has 0 fully saturated rings. The van der Waals surface area contributed by atoms with Crippen molar-refractivity contribution in [3.63, 3.8) is 0 Å². The van der Waals surface area contributed by atoms with Gasteiger partial charge < -0.3 is 19.6 Å². The van der Waals surface area contributed by atoms with Gasteiger partial charge in [0.25, 0.3) is 5.89 Å². The van der Waals surface area contributed by atoms with Crippen LogP contribution in [0, 0.1) is 0 Å². The highest BCUT2D eigenvalue weighted by Gasteiger charge is 2.11. The Morgan fingerprint density at radius 1 is 1.30 bits per heavy atom. The van der Waals surface area contributed by atoms with Gasteiger partial charge in [-0.1, -0.05) is 5.16 Å². The number of rotatable bonds is 4. The Labute approximate surface area is 115 Å². The Morgan fingerprint density at radius 2 is 2.10 bits per heavy atom. The summed E-state index contributed by atoms with van der Waals surface area (Å²) >= 11 is 0. The first-order valence-corrected chi connectivity index (χ1v) is 6.00. The first-order valence-electron chi connectivity index (χ1n) is 6.00. The Balaban J connectivity index is 1.69. The number of benzene rings is 1. The Kier molecular flexibility index (Phi) is 3.08. The van der Waals surface area contributed by atoms with Crippen LogP contribution in [0.5, 0.6) is 5.75 Å². The van der Waals surface area contributed by atoms with Crippen LogP contribution < -0.4 is 10.5 Å². The van der Waals surface area contributed by atoms with Crippen molar-refractivity contribution in [2.75, 3.05) is 5.73 Å². The maximum atomic E-state index is 5.60. The molecule has 0 aliphatic heterocycles. The van der Waals surface area contributed by atoms with Crippen molar-refractivity contribution in [1.29, 1.82) is 0 Å². The van der Waals surface area contributed by atoms with Crippen LogP contribution in [0.2, 0.25) is 0 Å². The second kappa shape index (κ2) is 5.04. The summed E-state index contributed by atoms with van der Waals surface area (Å²) in [6.07, 6.45) is 3.35. The zero-order chi connectivity index (χ0) is 13.9. The maximum Gasteiger partial charge on any atom is 0.264 e. The molecular formula is C13H13N5O2. The molecule has 1 aromatic carbocycles. The molecule has 0 aliphatic carbocycles. The average molecular weight is 271 g/mol. The van der Waals surface area contributed by atoms with Gasteiger partial charge in [-0.3, -0.25) is 0 Å². The predicted molar refractivity (Wildman–Crippen MR) is 71.7 cm³/mol. The maximum absolute atomic E-state index is 5.60. The third-order valence-electron chi connectivity index (χ3n) is 2.76. The van der Waals surface area contributed by atoms with Crippen LogP contribution in [0.3, 0.4) is 0 Å². The Bertz CT molecular complexity index is 702. The number of hydrogen-bond donors (Lipinski definition) is 1. The third-order valence-corrected chi connectivity index (χ3v) is 2.76. The summed E-state index contributed by atoms with van der Waals surface area (Å²) in [6, 6.07) is 7.11. The summed E-state index contributed by atoms with van der Waals surface area (Å²) in [5.74, 6) is 1.58. The molecule has 20 heavy (non-hydrogen) atoms. The van der Waals surface area contributed by atoms with Gasteiger partial charge in [0.2, 0.25) is 5.82 Å². The standard InChI is InChI=1S/C13H13N5O2/c1-18-8-15-6-11(18)13-16-12(20-17-13)7-19-10-4-2-9(14)3-5-10/h2-6,8H,7,14H2,1H3. The smallest absolute Gasteiger partial charge is 0.264 e. The van der Waals surface area contributed by atoms with Crippen molar-refractivity contribution < 1.29 is 9.26 Å². The van der Waals surface area contributed by atoms with Crippen molar-refractivity contribution in [2.45, 2.75) is 6.61 Å². The average Bonchev–Trinajstić information content (AvgIpc) is 3.06. The van der Waals surface area contributed by atoms with Gasteiger partial charge in [0.1, 0.15) is 11.4 Å². The largest absolute Gasteiger partial charge is 0.484 e. The lowest BCUT2D eigenvalue weighted by molar-refractivity contribution is 0.243. The van der Waals surface area contributed by atoms with E-state index >= 15 is 0 Å². The molecule has 0 unspecified atom stereocenters. The van der Waals surface area contributed by atoms with Gasteiger partial charge in [0.15, 0.2) is 6.61 Å². The van der Waals surface area contributed by atoms with E-state index < -0.39 is 0 Å². The van der Waals surface area contributed by atoms with Gasteiger partial charge in [0.05, 0.1) is 12.5 Å². The number of ether oxygens (including phenoxy) is 1. The fourth-order valence-electron chi connectivity index (χ4n) is 1.70. The molecule has 2 N–H and O–H groups in total. The van der Waals surface area contributed by atoms with Crippen LogP contribution in [0.4, 0.5) is 5.69 Å². The minimum absolute atomic E-state index is 0.203. The molecule has 0 radical (unpaired) electrons. The summed E-state index contributed by atoms with van der Waals surface area (Å²) in [6.45, 7) is 0.203. The quantitative estimate of drug-likeness (QED) is 0.725. The van der Waals surface area contributed by atoms with E-state index in [2.05, 4.69) is 15.1 Å². The van der Waals surface area contributed by atoms with Crippen molar-refractivity contribution >= 4 is 5.69 Å². The van der Waals surface area contributed by atoms with Crippen LogP contribution in [0.1, 0.15) is 5.89 Å². The van der Waals surface area contributed by atoms with Crippen LogP contribution >= 0.6 is 0 Å². The molecule has 0 saturated heterocycles. The van der Waals surface area contributed by atoms with Crippen molar-refractivity contribution in [3.8, 4) is 17.3 Å². The molecule has 3 rings (SSSR count). The first kappa shape index (κ1) is 12.2. The van der Waals surface area contributed by atoms with E-state index in [1.54, 1.807) is 36.8 Å². The van der Waals surface area contributed by atoms with E-state index in [0.29, 0.717) is 23.2 Å². The minimum Gasteiger partial charge on any atom is -0.484 e. The number of aryl methyl sites for hydroxylation is 1. The molecule has 2 heterocycles. The van der Waals surface area contributed by atoms with E-state index in [9.17, 15) is 0 Å². The van der Waals surface area contributed by atoms with Crippen molar-refractivity contribution in [2.24, 2.45) is 7.05 Å². The van der Waals surface area contributed by atoms with E-state index in [1.807, 2.05) is 11.6 Å². The number of nitrogens with two attached hydrogens (primary N) is 1. The summed E-state index contributed by atoms with van der Waals surface area (Å²) in [5.41, 5.74) is 7.07. The van der Waals surface area contributed by atoms with Crippen LogP contribution in [-0.4, -0.2) is 19.7 Å². The first-order chi connectivity index (χ1) is 9.72. The fraction of sp³-hybridized carbons (Fsp3) is 0.154. The molecule has 0 spiro atoms. The zero-order valence-electron chi connectivity index (χ0n) is 10.9. The van der Waals surface area contributed by atoms with Gasteiger partial charge in [0, 0.05) is 12.7 Å². The Hall–Kier alpha value is -2.83. The van der Waals surface area contributed by atoms with Crippen molar-refractivity contribution in [1.82, 2.24) is 19.7 Å². The minimum atomic E-state index is 0.203. The number of hydrogen-bond acceptors (Lipinski definition) is 6. The summed E-state index contributed by atoms with van der Waals surface area (Å²) in [4.78, 5) is 8.27. The molecule has 2 aromatic heterocycles. The van der Waals surface area contributed by atoms with Gasteiger partial charge in [-0.15, -0.1) is 0 Å². The molecular weight excluding hydrogens is 258 g/mol. The second-order valence-electron chi connectivity index (χ2n) is 4.26. The molecule has 102 valence electrons. The molecule has 0 atom stereocenters. The van der Waals surface area contributed by atoms with E-state index in [1.165, 1.54) is 0 Å². The van der Waals surface area contributed by atoms with Gasteiger partial charge in [-0.05, 0) is 24.3 Å².